The first-order valence-corrected chi connectivity index (χ1v) is 7.70. The Morgan fingerprint density at radius 3 is 2.00 bits per heavy atom. The van der Waals surface area contributed by atoms with E-state index in [2.05, 4.69) is 94.9 Å². The van der Waals surface area contributed by atoms with Crippen LogP contribution in [0.1, 0.15) is 5.56 Å². The van der Waals surface area contributed by atoms with Crippen molar-refractivity contribution in [2.45, 2.75) is 6.92 Å². The predicted octanol–water partition coefficient (Wildman–Crippen LogP) is 6.17. The van der Waals surface area contributed by atoms with Crippen molar-refractivity contribution in [1.82, 2.24) is 0 Å². The van der Waals surface area contributed by atoms with Crippen molar-refractivity contribution in [3.63, 3.8) is 0 Å². The van der Waals surface area contributed by atoms with Gasteiger partial charge in [0.1, 0.15) is 0 Å². The molecule has 0 aromatic heterocycles. The summed E-state index contributed by atoms with van der Waals surface area (Å²) in [6, 6.07) is 25.2. The van der Waals surface area contributed by atoms with Crippen LogP contribution >= 0.6 is 15.9 Å². The summed E-state index contributed by atoms with van der Waals surface area (Å²) in [6.45, 7) is 2.09. The minimum absolute atomic E-state index is 1.09. The Balaban J connectivity index is 1.80. The largest absolute Gasteiger partial charge is 0.356 e. The lowest BCUT2D eigenvalue weighted by molar-refractivity contribution is 1.42. The normalized spacial score (nSPS) is 10.4. The lowest BCUT2D eigenvalue weighted by Crippen LogP contribution is -1.91. The van der Waals surface area contributed by atoms with E-state index in [4.69, 9.17) is 0 Å². The third kappa shape index (κ3) is 3.34. The average molecular weight is 338 g/mol. The summed E-state index contributed by atoms with van der Waals surface area (Å²) in [4.78, 5) is 0. The highest BCUT2D eigenvalue weighted by molar-refractivity contribution is 9.10. The Labute approximate surface area is 133 Å². The molecule has 3 aromatic carbocycles. The van der Waals surface area contributed by atoms with Crippen molar-refractivity contribution in [2.75, 3.05) is 5.32 Å². The molecule has 3 rings (SSSR count). The first-order chi connectivity index (χ1) is 10.2. The number of nitrogens with one attached hydrogen (secondary N) is 1. The van der Waals surface area contributed by atoms with Gasteiger partial charge >= 0.3 is 0 Å². The van der Waals surface area contributed by atoms with Crippen LogP contribution in [0.3, 0.4) is 0 Å². The second kappa shape index (κ2) is 6.15. The molecular formula is C19H16BrN. The van der Waals surface area contributed by atoms with Gasteiger partial charge in [0, 0.05) is 15.8 Å². The van der Waals surface area contributed by atoms with Crippen molar-refractivity contribution in [1.29, 1.82) is 0 Å². The summed E-state index contributed by atoms with van der Waals surface area (Å²) < 4.78 is 1.13. The van der Waals surface area contributed by atoms with Crippen LogP contribution in [0.2, 0.25) is 0 Å². The molecule has 0 unspecified atom stereocenters. The molecule has 0 bridgehead atoms. The zero-order valence-corrected chi connectivity index (χ0v) is 13.4. The van der Waals surface area contributed by atoms with Gasteiger partial charge in [0.15, 0.2) is 0 Å². The molecule has 0 spiro atoms. The molecule has 1 nitrogen and oxygen atoms in total. The highest BCUT2D eigenvalue weighted by Gasteiger charge is 2.00. The molecule has 0 heterocycles. The molecule has 0 fully saturated rings. The highest BCUT2D eigenvalue weighted by atomic mass is 79.9. The molecule has 0 aliphatic heterocycles. The SMILES string of the molecule is Cc1cc(Nc2ccc(-c3ccccc3)cc2)ccc1Br. The van der Waals surface area contributed by atoms with Crippen LogP contribution in [0.15, 0.2) is 77.3 Å². The van der Waals surface area contributed by atoms with E-state index in [1.807, 2.05) is 6.07 Å². The van der Waals surface area contributed by atoms with Crippen molar-refractivity contribution < 1.29 is 0 Å². The smallest absolute Gasteiger partial charge is 0.0387 e. The summed E-state index contributed by atoms with van der Waals surface area (Å²) in [7, 11) is 0. The van der Waals surface area contributed by atoms with E-state index in [1.165, 1.54) is 16.7 Å². The Hall–Kier alpha value is -2.06. The number of aryl methyl sites for hydroxylation is 1. The quantitative estimate of drug-likeness (QED) is 0.602. The Kier molecular flexibility index (Phi) is 4.07. The number of halogens is 1. The van der Waals surface area contributed by atoms with Crippen LogP contribution in [0, 0.1) is 6.92 Å². The molecule has 1 N–H and O–H groups in total. The molecule has 3 aromatic rings. The molecule has 0 radical (unpaired) electrons. The molecule has 104 valence electrons. The van der Waals surface area contributed by atoms with Crippen LogP contribution in [-0.4, -0.2) is 0 Å². The molecular weight excluding hydrogens is 322 g/mol. The maximum absolute atomic E-state index is 3.52. The van der Waals surface area contributed by atoms with E-state index >= 15 is 0 Å². The highest BCUT2D eigenvalue weighted by Crippen LogP contribution is 2.25. The van der Waals surface area contributed by atoms with Gasteiger partial charge in [-0.25, -0.2) is 0 Å². The monoisotopic (exact) mass is 337 g/mol. The second-order valence-electron chi connectivity index (χ2n) is 5.03. The van der Waals surface area contributed by atoms with Gasteiger partial charge in [-0.3, -0.25) is 0 Å². The van der Waals surface area contributed by atoms with Crippen molar-refractivity contribution in [3.05, 3.63) is 82.8 Å². The van der Waals surface area contributed by atoms with Gasteiger partial charge in [-0.05, 0) is 53.9 Å². The number of rotatable bonds is 3. The maximum Gasteiger partial charge on any atom is 0.0387 e. The van der Waals surface area contributed by atoms with Crippen LogP contribution < -0.4 is 5.32 Å². The van der Waals surface area contributed by atoms with E-state index in [0.29, 0.717) is 0 Å². The van der Waals surface area contributed by atoms with Gasteiger partial charge in [-0.2, -0.15) is 0 Å². The Bertz CT molecular complexity index is 733. The lowest BCUT2D eigenvalue weighted by atomic mass is 10.1. The summed E-state index contributed by atoms with van der Waals surface area (Å²) in [5, 5.41) is 3.43. The minimum atomic E-state index is 1.09. The van der Waals surface area contributed by atoms with Crippen LogP contribution in [-0.2, 0) is 0 Å². The summed E-state index contributed by atoms with van der Waals surface area (Å²) in [6.07, 6.45) is 0. The standard InChI is InChI=1S/C19H16BrN/c1-14-13-18(11-12-19(14)20)21-17-9-7-16(8-10-17)15-5-3-2-4-6-15/h2-13,21H,1H3. The summed E-state index contributed by atoms with van der Waals surface area (Å²) in [5.41, 5.74) is 5.89. The summed E-state index contributed by atoms with van der Waals surface area (Å²) in [5.74, 6) is 0. The fourth-order valence-corrected chi connectivity index (χ4v) is 2.51. The van der Waals surface area contributed by atoms with Crippen LogP contribution in [0.4, 0.5) is 11.4 Å². The second-order valence-corrected chi connectivity index (χ2v) is 5.89. The molecule has 0 amide bonds. The van der Waals surface area contributed by atoms with Gasteiger partial charge in [-0.15, -0.1) is 0 Å². The molecule has 0 saturated carbocycles. The van der Waals surface area contributed by atoms with Crippen LogP contribution in [0.5, 0.6) is 0 Å². The van der Waals surface area contributed by atoms with Gasteiger partial charge in [0.05, 0.1) is 0 Å². The summed E-state index contributed by atoms with van der Waals surface area (Å²) >= 11 is 3.52. The molecule has 2 heteroatoms. The molecule has 0 saturated heterocycles. The van der Waals surface area contributed by atoms with Crippen molar-refractivity contribution >= 4 is 27.3 Å². The Morgan fingerprint density at radius 1 is 0.714 bits per heavy atom. The lowest BCUT2D eigenvalue weighted by Gasteiger charge is -2.09. The molecule has 21 heavy (non-hydrogen) atoms. The zero-order valence-electron chi connectivity index (χ0n) is 11.8. The first kappa shape index (κ1) is 13.9. The third-order valence-corrected chi connectivity index (χ3v) is 4.33. The van der Waals surface area contributed by atoms with E-state index in [-0.39, 0.29) is 0 Å². The third-order valence-electron chi connectivity index (χ3n) is 3.44. The zero-order chi connectivity index (χ0) is 14.7. The number of anilines is 2. The van der Waals surface area contributed by atoms with Crippen molar-refractivity contribution in [2.24, 2.45) is 0 Å². The van der Waals surface area contributed by atoms with E-state index in [9.17, 15) is 0 Å². The number of hydrogen-bond acceptors (Lipinski definition) is 1. The fraction of sp³-hybridized carbons (Fsp3) is 0.0526. The van der Waals surface area contributed by atoms with E-state index in [1.54, 1.807) is 0 Å². The minimum Gasteiger partial charge on any atom is -0.356 e. The van der Waals surface area contributed by atoms with Crippen LogP contribution in [0.25, 0.3) is 11.1 Å². The van der Waals surface area contributed by atoms with Gasteiger partial charge in [0.25, 0.3) is 0 Å². The predicted molar refractivity (Wildman–Crippen MR) is 94.0 cm³/mol. The molecule has 0 aliphatic rings. The van der Waals surface area contributed by atoms with Gasteiger partial charge in [-0.1, -0.05) is 58.4 Å². The maximum atomic E-state index is 3.52. The molecule has 0 aliphatic carbocycles. The Morgan fingerprint density at radius 2 is 1.33 bits per heavy atom. The average Bonchev–Trinajstić information content (AvgIpc) is 2.53. The first-order valence-electron chi connectivity index (χ1n) is 6.91. The van der Waals surface area contributed by atoms with E-state index in [0.717, 1.165) is 15.8 Å². The topological polar surface area (TPSA) is 12.0 Å². The fourth-order valence-electron chi connectivity index (χ4n) is 2.27. The van der Waals surface area contributed by atoms with Gasteiger partial charge in [0.2, 0.25) is 0 Å². The van der Waals surface area contributed by atoms with Crippen molar-refractivity contribution in [3.8, 4) is 11.1 Å². The van der Waals surface area contributed by atoms with E-state index < -0.39 is 0 Å². The van der Waals surface area contributed by atoms with Gasteiger partial charge < -0.3 is 5.32 Å². The number of hydrogen-bond donors (Lipinski definition) is 1. The molecule has 0 atom stereocenters. The number of benzene rings is 3.